The van der Waals surface area contributed by atoms with E-state index in [1.165, 1.54) is 0 Å². The number of carboxylic acids is 1. The molecule has 0 saturated heterocycles. The van der Waals surface area contributed by atoms with Gasteiger partial charge in [-0.2, -0.15) is 4.98 Å². The molecule has 1 aromatic heterocycles. The Morgan fingerprint density at radius 3 is 2.79 bits per heavy atom. The summed E-state index contributed by atoms with van der Waals surface area (Å²) >= 11 is 0. The maximum Gasteiger partial charge on any atom is 0.329 e. The number of aromatic nitrogens is 2. The van der Waals surface area contributed by atoms with Crippen molar-refractivity contribution in [1.29, 1.82) is 0 Å². The molecule has 19 heavy (non-hydrogen) atoms. The molecule has 1 aliphatic rings. The number of hydrogen-bond donors (Lipinski definition) is 2. The number of ether oxygens (including phenoxy) is 1. The number of aryl methyl sites for hydroxylation is 1. The lowest BCUT2D eigenvalue weighted by molar-refractivity contribution is -0.142. The van der Waals surface area contributed by atoms with Gasteiger partial charge in [-0.15, -0.1) is 0 Å². The van der Waals surface area contributed by atoms with Crippen LogP contribution in [0.2, 0.25) is 0 Å². The van der Waals surface area contributed by atoms with Crippen LogP contribution in [0.1, 0.15) is 32.5 Å². The molecular weight excluding hydrogens is 246 g/mol. The summed E-state index contributed by atoms with van der Waals surface area (Å²) in [5.74, 6) is 0.797. The fourth-order valence-electron chi connectivity index (χ4n) is 2.08. The molecule has 2 N–H and O–H groups in total. The second kappa shape index (κ2) is 5.03. The Kier molecular flexibility index (Phi) is 3.59. The average molecular weight is 265 g/mol. The highest BCUT2D eigenvalue weighted by Gasteiger charge is 2.47. The minimum absolute atomic E-state index is 0.149. The molecule has 1 aromatic rings. The van der Waals surface area contributed by atoms with E-state index >= 15 is 0 Å². The lowest BCUT2D eigenvalue weighted by atomic mass is 9.96. The van der Waals surface area contributed by atoms with E-state index < -0.39 is 11.5 Å². The molecule has 1 saturated carbocycles. The zero-order valence-corrected chi connectivity index (χ0v) is 11.4. The van der Waals surface area contributed by atoms with Crippen molar-refractivity contribution < 1.29 is 14.6 Å². The smallest absolute Gasteiger partial charge is 0.329 e. The van der Waals surface area contributed by atoms with E-state index in [1.54, 1.807) is 19.9 Å². The molecule has 0 radical (unpaired) electrons. The molecule has 0 aromatic carbocycles. The van der Waals surface area contributed by atoms with E-state index in [1.807, 2.05) is 6.92 Å². The largest absolute Gasteiger partial charge is 0.480 e. The van der Waals surface area contributed by atoms with Crippen molar-refractivity contribution in [2.75, 3.05) is 11.9 Å². The Labute approximate surface area is 112 Å². The summed E-state index contributed by atoms with van der Waals surface area (Å²) in [5, 5.41) is 12.4. The molecule has 104 valence electrons. The van der Waals surface area contributed by atoms with Crippen molar-refractivity contribution in [3.8, 4) is 5.88 Å². The van der Waals surface area contributed by atoms with Gasteiger partial charge in [0.05, 0.1) is 6.61 Å². The molecule has 2 rings (SSSR count). The van der Waals surface area contributed by atoms with Crippen LogP contribution in [0.3, 0.4) is 0 Å². The van der Waals surface area contributed by atoms with Gasteiger partial charge in [0.2, 0.25) is 5.88 Å². The van der Waals surface area contributed by atoms with E-state index in [9.17, 15) is 9.90 Å². The first kappa shape index (κ1) is 13.6. The molecular formula is C13H19N3O3. The van der Waals surface area contributed by atoms with E-state index in [-0.39, 0.29) is 5.92 Å². The summed E-state index contributed by atoms with van der Waals surface area (Å²) < 4.78 is 5.34. The first-order valence-corrected chi connectivity index (χ1v) is 6.45. The molecule has 1 fully saturated rings. The summed E-state index contributed by atoms with van der Waals surface area (Å²) in [4.78, 5) is 19.8. The minimum Gasteiger partial charge on any atom is -0.480 e. The van der Waals surface area contributed by atoms with Gasteiger partial charge in [-0.05, 0) is 39.5 Å². The number of carboxylic acid groups (broad SMARTS) is 1. The maximum absolute atomic E-state index is 11.5. The van der Waals surface area contributed by atoms with Gasteiger partial charge in [-0.3, -0.25) is 0 Å². The van der Waals surface area contributed by atoms with Crippen molar-refractivity contribution in [1.82, 2.24) is 9.97 Å². The van der Waals surface area contributed by atoms with Crippen LogP contribution in [-0.4, -0.2) is 33.2 Å². The Balaban J connectivity index is 2.23. The average Bonchev–Trinajstić information content (AvgIpc) is 3.11. The number of anilines is 1. The highest BCUT2D eigenvalue weighted by Crippen LogP contribution is 2.41. The quantitative estimate of drug-likeness (QED) is 0.816. The molecule has 1 unspecified atom stereocenters. The van der Waals surface area contributed by atoms with Crippen molar-refractivity contribution in [3.63, 3.8) is 0 Å². The molecule has 1 atom stereocenters. The third kappa shape index (κ3) is 2.94. The Hall–Kier alpha value is -1.85. The number of carbonyl (C=O) groups is 1. The molecule has 1 heterocycles. The standard InChI is InChI=1S/C13H19N3O3/c1-4-19-11-7-10(14-8(2)15-11)16-13(3,12(17)18)9-5-6-9/h7,9H,4-6H2,1-3H3,(H,17,18)(H,14,15,16). The van der Waals surface area contributed by atoms with Crippen molar-refractivity contribution in [2.24, 2.45) is 5.92 Å². The second-order valence-corrected chi connectivity index (χ2v) is 4.98. The zero-order chi connectivity index (χ0) is 14.0. The fraction of sp³-hybridized carbons (Fsp3) is 0.615. The lowest BCUT2D eigenvalue weighted by Crippen LogP contribution is -2.45. The van der Waals surface area contributed by atoms with Crippen molar-refractivity contribution in [3.05, 3.63) is 11.9 Å². The third-order valence-electron chi connectivity index (χ3n) is 3.33. The maximum atomic E-state index is 11.5. The van der Waals surface area contributed by atoms with Gasteiger partial charge in [-0.1, -0.05) is 0 Å². The van der Waals surface area contributed by atoms with Gasteiger partial charge in [0.15, 0.2) is 0 Å². The number of aliphatic carboxylic acids is 1. The van der Waals surface area contributed by atoms with Gasteiger partial charge in [0, 0.05) is 6.07 Å². The first-order chi connectivity index (χ1) is 8.95. The summed E-state index contributed by atoms with van der Waals surface area (Å²) in [6.07, 6.45) is 1.86. The number of nitrogens with one attached hydrogen (secondary N) is 1. The van der Waals surface area contributed by atoms with Gasteiger partial charge in [-0.25, -0.2) is 9.78 Å². The Bertz CT molecular complexity index is 488. The van der Waals surface area contributed by atoms with Gasteiger partial charge in [0.1, 0.15) is 17.2 Å². The van der Waals surface area contributed by atoms with Crippen molar-refractivity contribution in [2.45, 2.75) is 39.2 Å². The van der Waals surface area contributed by atoms with Crippen LogP contribution in [0.5, 0.6) is 5.88 Å². The fourth-order valence-corrected chi connectivity index (χ4v) is 2.08. The highest BCUT2D eigenvalue weighted by molar-refractivity contribution is 5.83. The first-order valence-electron chi connectivity index (χ1n) is 6.45. The summed E-state index contributed by atoms with van der Waals surface area (Å²) in [6.45, 7) is 5.83. The van der Waals surface area contributed by atoms with Gasteiger partial charge in [0.25, 0.3) is 0 Å². The van der Waals surface area contributed by atoms with Crippen LogP contribution >= 0.6 is 0 Å². The zero-order valence-electron chi connectivity index (χ0n) is 11.4. The minimum atomic E-state index is -0.982. The van der Waals surface area contributed by atoms with E-state index in [4.69, 9.17) is 4.74 Å². The van der Waals surface area contributed by atoms with Crippen LogP contribution in [-0.2, 0) is 4.79 Å². The van der Waals surface area contributed by atoms with Crippen LogP contribution in [0.15, 0.2) is 6.07 Å². The predicted octanol–water partition coefficient (Wildman–Crippen LogP) is 1.85. The normalized spacial score (nSPS) is 17.6. The molecule has 1 aliphatic carbocycles. The summed E-state index contributed by atoms with van der Waals surface area (Å²) in [7, 11) is 0. The summed E-state index contributed by atoms with van der Waals surface area (Å²) in [6, 6.07) is 1.64. The van der Waals surface area contributed by atoms with Crippen molar-refractivity contribution >= 4 is 11.8 Å². The predicted molar refractivity (Wildman–Crippen MR) is 70.3 cm³/mol. The molecule has 0 aliphatic heterocycles. The number of hydrogen-bond acceptors (Lipinski definition) is 5. The Morgan fingerprint density at radius 1 is 1.58 bits per heavy atom. The lowest BCUT2D eigenvalue weighted by Gasteiger charge is -2.26. The molecule has 0 spiro atoms. The van der Waals surface area contributed by atoms with Crippen LogP contribution in [0.4, 0.5) is 5.82 Å². The molecule has 6 heteroatoms. The second-order valence-electron chi connectivity index (χ2n) is 4.98. The van der Waals surface area contributed by atoms with Gasteiger partial charge >= 0.3 is 5.97 Å². The number of nitrogens with zero attached hydrogens (tertiary/aromatic N) is 2. The van der Waals surface area contributed by atoms with Crippen LogP contribution < -0.4 is 10.1 Å². The van der Waals surface area contributed by atoms with Crippen LogP contribution in [0.25, 0.3) is 0 Å². The van der Waals surface area contributed by atoms with E-state index in [0.29, 0.717) is 24.1 Å². The molecule has 0 bridgehead atoms. The topological polar surface area (TPSA) is 84.3 Å². The van der Waals surface area contributed by atoms with Gasteiger partial charge < -0.3 is 15.2 Å². The van der Waals surface area contributed by atoms with E-state index in [2.05, 4.69) is 15.3 Å². The van der Waals surface area contributed by atoms with E-state index in [0.717, 1.165) is 12.8 Å². The summed E-state index contributed by atoms with van der Waals surface area (Å²) in [5.41, 5.74) is -0.982. The van der Waals surface area contributed by atoms with Crippen LogP contribution in [0, 0.1) is 12.8 Å². The number of rotatable bonds is 6. The third-order valence-corrected chi connectivity index (χ3v) is 3.33. The monoisotopic (exact) mass is 265 g/mol. The highest BCUT2D eigenvalue weighted by atomic mass is 16.5. The molecule has 6 nitrogen and oxygen atoms in total. The SMILES string of the molecule is CCOc1cc(NC(C)(C(=O)O)C2CC2)nc(C)n1. The molecule has 0 amide bonds. The Morgan fingerprint density at radius 2 is 2.26 bits per heavy atom.